The average molecular weight is 257 g/mol. The maximum atomic E-state index is 12.3. The third-order valence-corrected chi connectivity index (χ3v) is 3.27. The average Bonchev–Trinajstić information content (AvgIpc) is 2.77. The van der Waals surface area contributed by atoms with Gasteiger partial charge in [0.25, 0.3) is 5.91 Å². The molecule has 0 aliphatic heterocycles. The zero-order chi connectivity index (χ0) is 14.0. The summed E-state index contributed by atoms with van der Waals surface area (Å²) in [5.41, 5.74) is 3.70. The zero-order valence-electron chi connectivity index (χ0n) is 11.8. The third-order valence-electron chi connectivity index (χ3n) is 3.27. The second-order valence-corrected chi connectivity index (χ2v) is 5.04. The van der Waals surface area contributed by atoms with E-state index >= 15 is 0 Å². The molecule has 1 N–H and O–H groups in total. The van der Waals surface area contributed by atoms with Gasteiger partial charge in [-0.05, 0) is 37.0 Å². The monoisotopic (exact) mass is 257 g/mol. The number of carbonyl (C=O) groups excluding carboxylic acids is 1. The first-order valence-corrected chi connectivity index (χ1v) is 6.45. The molecule has 100 valence electrons. The van der Waals surface area contributed by atoms with Crippen molar-refractivity contribution in [2.24, 2.45) is 0 Å². The molecule has 3 heteroatoms. The second kappa shape index (κ2) is 5.31. The molecule has 1 aromatic carbocycles. The number of furan rings is 1. The normalized spacial score (nSPS) is 10.8. The molecule has 1 aromatic heterocycles. The molecule has 0 radical (unpaired) electrons. The largest absolute Gasteiger partial charge is 0.469 e. The van der Waals surface area contributed by atoms with Crippen molar-refractivity contribution in [3.63, 3.8) is 0 Å². The van der Waals surface area contributed by atoms with Crippen LogP contribution in [0.4, 0.5) is 5.69 Å². The van der Waals surface area contributed by atoms with Gasteiger partial charge in [-0.1, -0.05) is 32.0 Å². The number of aryl methyl sites for hydroxylation is 2. The third kappa shape index (κ3) is 2.70. The Labute approximate surface area is 113 Å². The van der Waals surface area contributed by atoms with Crippen molar-refractivity contribution in [1.82, 2.24) is 0 Å². The summed E-state index contributed by atoms with van der Waals surface area (Å²) in [7, 11) is 0. The van der Waals surface area contributed by atoms with E-state index in [9.17, 15) is 4.79 Å². The predicted molar refractivity (Wildman–Crippen MR) is 76.7 cm³/mol. The Balaban J connectivity index is 2.34. The van der Waals surface area contributed by atoms with Crippen LogP contribution in [-0.2, 0) is 0 Å². The van der Waals surface area contributed by atoms with E-state index in [1.54, 1.807) is 13.0 Å². The lowest BCUT2D eigenvalue weighted by atomic mass is 9.98. The van der Waals surface area contributed by atoms with Crippen LogP contribution in [0.25, 0.3) is 0 Å². The predicted octanol–water partition coefficient (Wildman–Crippen LogP) is 4.27. The summed E-state index contributed by atoms with van der Waals surface area (Å²) in [6.07, 6.45) is 1.53. The number of benzene rings is 1. The standard InChI is InChI=1S/C16H19NO2/c1-10(2)13-7-5-6-11(3)15(13)17-16(18)14-8-9-19-12(14)4/h5-10H,1-4H3,(H,17,18). The lowest BCUT2D eigenvalue weighted by Gasteiger charge is -2.16. The molecular weight excluding hydrogens is 238 g/mol. The molecule has 0 aliphatic rings. The van der Waals surface area contributed by atoms with E-state index in [4.69, 9.17) is 4.42 Å². The van der Waals surface area contributed by atoms with Crippen molar-refractivity contribution < 1.29 is 9.21 Å². The van der Waals surface area contributed by atoms with Crippen LogP contribution in [0, 0.1) is 13.8 Å². The number of rotatable bonds is 3. The van der Waals surface area contributed by atoms with Gasteiger partial charge < -0.3 is 9.73 Å². The molecular formula is C16H19NO2. The fourth-order valence-corrected chi connectivity index (χ4v) is 2.14. The number of amides is 1. The van der Waals surface area contributed by atoms with E-state index in [2.05, 4.69) is 25.2 Å². The topological polar surface area (TPSA) is 42.2 Å². The Hall–Kier alpha value is -2.03. The van der Waals surface area contributed by atoms with Crippen LogP contribution >= 0.6 is 0 Å². The van der Waals surface area contributed by atoms with E-state index in [1.165, 1.54) is 6.26 Å². The first-order valence-electron chi connectivity index (χ1n) is 6.45. The molecule has 19 heavy (non-hydrogen) atoms. The maximum absolute atomic E-state index is 12.3. The van der Waals surface area contributed by atoms with E-state index < -0.39 is 0 Å². The van der Waals surface area contributed by atoms with Crippen molar-refractivity contribution in [1.29, 1.82) is 0 Å². The van der Waals surface area contributed by atoms with Crippen molar-refractivity contribution in [2.45, 2.75) is 33.6 Å². The van der Waals surface area contributed by atoms with Crippen LogP contribution in [0.5, 0.6) is 0 Å². The molecule has 0 atom stereocenters. The van der Waals surface area contributed by atoms with E-state index in [0.29, 0.717) is 17.2 Å². The quantitative estimate of drug-likeness (QED) is 0.892. The smallest absolute Gasteiger partial charge is 0.259 e. The Bertz CT molecular complexity index is 597. The summed E-state index contributed by atoms with van der Waals surface area (Å²) in [4.78, 5) is 12.3. The molecule has 0 unspecified atom stereocenters. The summed E-state index contributed by atoms with van der Waals surface area (Å²) in [6.45, 7) is 8.03. The fourth-order valence-electron chi connectivity index (χ4n) is 2.14. The summed E-state index contributed by atoms with van der Waals surface area (Å²) >= 11 is 0. The molecule has 0 bridgehead atoms. The minimum absolute atomic E-state index is 0.123. The Morgan fingerprint density at radius 2 is 1.95 bits per heavy atom. The highest BCUT2D eigenvalue weighted by Crippen LogP contribution is 2.28. The molecule has 2 rings (SSSR count). The lowest BCUT2D eigenvalue weighted by molar-refractivity contribution is 0.102. The van der Waals surface area contributed by atoms with Gasteiger partial charge in [-0.2, -0.15) is 0 Å². The van der Waals surface area contributed by atoms with Gasteiger partial charge in [0.15, 0.2) is 0 Å². The summed E-state index contributed by atoms with van der Waals surface area (Å²) in [5, 5.41) is 3.00. The number of carbonyl (C=O) groups is 1. The van der Waals surface area contributed by atoms with Gasteiger partial charge in [0, 0.05) is 5.69 Å². The molecule has 1 heterocycles. The van der Waals surface area contributed by atoms with Gasteiger partial charge in [-0.25, -0.2) is 0 Å². The molecule has 0 aliphatic carbocycles. The number of hydrogen-bond donors (Lipinski definition) is 1. The maximum Gasteiger partial charge on any atom is 0.259 e. The van der Waals surface area contributed by atoms with Gasteiger partial charge in [0.1, 0.15) is 5.76 Å². The molecule has 2 aromatic rings. The molecule has 3 nitrogen and oxygen atoms in total. The molecule has 1 amide bonds. The highest BCUT2D eigenvalue weighted by molar-refractivity contribution is 6.05. The van der Waals surface area contributed by atoms with Crippen molar-refractivity contribution in [3.8, 4) is 0 Å². The lowest BCUT2D eigenvalue weighted by Crippen LogP contribution is -2.15. The van der Waals surface area contributed by atoms with Crippen LogP contribution in [0.2, 0.25) is 0 Å². The van der Waals surface area contributed by atoms with Gasteiger partial charge in [-0.15, -0.1) is 0 Å². The number of anilines is 1. The van der Waals surface area contributed by atoms with Crippen molar-refractivity contribution in [3.05, 3.63) is 53.0 Å². The second-order valence-electron chi connectivity index (χ2n) is 5.04. The highest BCUT2D eigenvalue weighted by atomic mass is 16.3. The minimum atomic E-state index is -0.123. The van der Waals surface area contributed by atoms with Crippen LogP contribution in [0.15, 0.2) is 34.9 Å². The van der Waals surface area contributed by atoms with Crippen LogP contribution in [0.3, 0.4) is 0 Å². The molecule has 0 saturated heterocycles. The van der Waals surface area contributed by atoms with E-state index in [0.717, 1.165) is 16.8 Å². The van der Waals surface area contributed by atoms with Gasteiger partial charge >= 0.3 is 0 Å². The Kier molecular flexibility index (Phi) is 3.74. The van der Waals surface area contributed by atoms with E-state index in [1.807, 2.05) is 19.1 Å². The highest BCUT2D eigenvalue weighted by Gasteiger charge is 2.15. The summed E-state index contributed by atoms with van der Waals surface area (Å²) in [5.74, 6) is 0.875. The summed E-state index contributed by atoms with van der Waals surface area (Å²) in [6, 6.07) is 7.76. The Morgan fingerprint density at radius 3 is 2.53 bits per heavy atom. The first kappa shape index (κ1) is 13.4. The van der Waals surface area contributed by atoms with Gasteiger partial charge in [-0.3, -0.25) is 4.79 Å². The first-order chi connectivity index (χ1) is 9.00. The molecule has 0 fully saturated rings. The number of para-hydroxylation sites is 1. The van der Waals surface area contributed by atoms with Gasteiger partial charge in [0.2, 0.25) is 0 Å². The van der Waals surface area contributed by atoms with Gasteiger partial charge in [0.05, 0.1) is 11.8 Å². The van der Waals surface area contributed by atoms with Crippen molar-refractivity contribution >= 4 is 11.6 Å². The number of nitrogens with one attached hydrogen (secondary N) is 1. The number of hydrogen-bond acceptors (Lipinski definition) is 2. The Morgan fingerprint density at radius 1 is 1.21 bits per heavy atom. The fraction of sp³-hybridized carbons (Fsp3) is 0.312. The van der Waals surface area contributed by atoms with Crippen LogP contribution < -0.4 is 5.32 Å². The molecule has 0 spiro atoms. The summed E-state index contributed by atoms with van der Waals surface area (Å²) < 4.78 is 5.17. The minimum Gasteiger partial charge on any atom is -0.469 e. The van der Waals surface area contributed by atoms with Crippen LogP contribution in [-0.4, -0.2) is 5.91 Å². The SMILES string of the molecule is Cc1cccc(C(C)C)c1NC(=O)c1ccoc1C. The van der Waals surface area contributed by atoms with Crippen LogP contribution in [0.1, 0.15) is 47.0 Å². The zero-order valence-corrected chi connectivity index (χ0v) is 11.8. The van der Waals surface area contributed by atoms with Crippen molar-refractivity contribution in [2.75, 3.05) is 5.32 Å². The van der Waals surface area contributed by atoms with E-state index in [-0.39, 0.29) is 5.91 Å². The molecule has 0 saturated carbocycles.